The molecule has 11 nitrogen and oxygen atoms in total. The monoisotopic (exact) mass is 690 g/mol. The number of aryl methyl sites for hydroxylation is 1. The molecule has 2 heterocycles. The Morgan fingerprint density at radius 3 is 2.52 bits per heavy atom. The lowest BCUT2D eigenvalue weighted by molar-refractivity contribution is -0.293. The third-order valence-electron chi connectivity index (χ3n) is 6.85. The lowest BCUT2D eigenvalue weighted by atomic mass is 9.98. The van der Waals surface area contributed by atoms with Crippen LogP contribution in [0.1, 0.15) is 34.6 Å². The quantitative estimate of drug-likeness (QED) is 0.123. The highest BCUT2D eigenvalue weighted by Crippen LogP contribution is 2.39. The second-order valence-corrected chi connectivity index (χ2v) is 10.7. The topological polar surface area (TPSA) is 150 Å². The molecule has 5 atom stereocenters. The van der Waals surface area contributed by atoms with Gasteiger partial charge in [-0.2, -0.15) is 13.2 Å². The van der Waals surface area contributed by atoms with Crippen LogP contribution in [0, 0.1) is 19.3 Å². The van der Waals surface area contributed by atoms with Crippen LogP contribution in [0.25, 0.3) is 11.0 Å². The van der Waals surface area contributed by atoms with Gasteiger partial charge in [0, 0.05) is 20.1 Å². The minimum atomic E-state index is -4.64. The number of methoxy groups -OCH3 is 1. The third kappa shape index (κ3) is 8.89. The van der Waals surface area contributed by atoms with Crippen LogP contribution in [0.3, 0.4) is 0 Å². The molecule has 0 amide bonds. The molecule has 3 N–H and O–H groups in total. The summed E-state index contributed by atoms with van der Waals surface area (Å²) in [5.41, 5.74) is 2.07. The molecular formula is C30H31Cl2F3N2O9. The first kappa shape index (κ1) is 37.0. The molecule has 0 bridgehead atoms. The lowest BCUT2D eigenvalue weighted by Crippen LogP contribution is -2.60. The van der Waals surface area contributed by atoms with Gasteiger partial charge in [0.15, 0.2) is 18.1 Å². The largest absolute Gasteiger partial charge is 0.483 e. The maximum atomic E-state index is 13.1. The second kappa shape index (κ2) is 16.4. The van der Waals surface area contributed by atoms with E-state index in [-0.39, 0.29) is 28.0 Å². The number of nitrogens with zero attached hydrogens (tertiary/aromatic N) is 2. The molecule has 1 aromatic heterocycles. The molecule has 46 heavy (non-hydrogen) atoms. The van der Waals surface area contributed by atoms with Gasteiger partial charge in [-0.15, -0.1) is 12.3 Å². The maximum absolute atomic E-state index is 13.1. The molecule has 4 rings (SSSR count). The molecule has 250 valence electrons. The minimum Gasteiger partial charge on any atom is -0.483 e. The molecule has 16 heteroatoms. The highest BCUT2D eigenvalue weighted by molar-refractivity contribution is 6.38. The summed E-state index contributed by atoms with van der Waals surface area (Å²) < 4.78 is 55.0. The van der Waals surface area contributed by atoms with Gasteiger partial charge in [-0.3, -0.25) is 4.79 Å². The summed E-state index contributed by atoms with van der Waals surface area (Å²) in [6, 6.07) is 9.05. The number of hydrogen-bond donors (Lipinski definition) is 3. The molecule has 0 radical (unpaired) electrons. The number of imidazole rings is 1. The van der Waals surface area contributed by atoms with Crippen molar-refractivity contribution >= 4 is 46.5 Å². The first-order valence-corrected chi connectivity index (χ1v) is 14.4. The number of carbonyl (C=O) groups is 2. The lowest BCUT2D eigenvalue weighted by Gasteiger charge is -2.40. The number of hydrogen-bond acceptors (Lipinski definition) is 10. The van der Waals surface area contributed by atoms with Crippen molar-refractivity contribution in [3.8, 4) is 18.1 Å². The molecule has 3 aromatic rings. The van der Waals surface area contributed by atoms with Crippen molar-refractivity contribution in [1.82, 2.24) is 9.55 Å². The van der Waals surface area contributed by atoms with E-state index in [2.05, 4.69) is 10.9 Å². The first-order valence-electron chi connectivity index (χ1n) is 13.7. The number of para-hydroxylation sites is 2. The number of terminal acetylenes is 1. The Bertz CT molecular complexity index is 1550. The van der Waals surface area contributed by atoms with Crippen molar-refractivity contribution in [3.63, 3.8) is 0 Å². The molecule has 2 aromatic carbocycles. The molecule has 1 saturated heterocycles. The van der Waals surface area contributed by atoms with Gasteiger partial charge in [0.05, 0.1) is 33.2 Å². The number of esters is 1. The highest BCUT2D eigenvalue weighted by atomic mass is 35.5. The van der Waals surface area contributed by atoms with Gasteiger partial charge in [0.1, 0.15) is 30.7 Å². The Morgan fingerprint density at radius 2 is 1.91 bits per heavy atom. The molecule has 1 aliphatic heterocycles. The number of aliphatic hydroxyl groups is 3. The van der Waals surface area contributed by atoms with Gasteiger partial charge in [-0.05, 0) is 37.1 Å². The van der Waals surface area contributed by atoms with E-state index >= 15 is 0 Å². The van der Waals surface area contributed by atoms with E-state index in [0.717, 1.165) is 17.5 Å². The van der Waals surface area contributed by atoms with Crippen molar-refractivity contribution in [2.24, 2.45) is 0 Å². The zero-order valence-corrected chi connectivity index (χ0v) is 26.1. The van der Waals surface area contributed by atoms with Crippen molar-refractivity contribution in [3.05, 3.63) is 57.3 Å². The zero-order valence-electron chi connectivity index (χ0n) is 24.5. The number of ether oxygens (including phenoxy) is 4. The highest BCUT2D eigenvalue weighted by Gasteiger charge is 2.47. The van der Waals surface area contributed by atoms with E-state index < -0.39 is 55.7 Å². The first-order chi connectivity index (χ1) is 21.8. The number of alkyl halides is 3. The van der Waals surface area contributed by atoms with E-state index in [9.17, 15) is 33.3 Å². The Labute approximate surface area is 271 Å². The predicted molar refractivity (Wildman–Crippen MR) is 159 cm³/mol. The van der Waals surface area contributed by atoms with Crippen LogP contribution < -0.4 is 4.74 Å². The van der Waals surface area contributed by atoms with Gasteiger partial charge in [-0.1, -0.05) is 35.3 Å². The molecular weight excluding hydrogens is 660 g/mol. The fraction of sp³-hybridized carbons (Fsp3) is 0.433. The Morgan fingerprint density at radius 1 is 1.24 bits per heavy atom. The van der Waals surface area contributed by atoms with E-state index in [1.165, 1.54) is 13.2 Å². The molecule has 0 aliphatic carbocycles. The summed E-state index contributed by atoms with van der Waals surface area (Å²) in [6.45, 7) is 1.71. The SMILES string of the molecule is C#CCCCn1c(COc2c(Cl)cc(C(=O)O[C@@H]3[C@@H](O)[C@@H](OC)O[C@H](CO)[C@H]3O)c(C)c2Cl)nc2ccccc21.O=CC(F)(F)F. The summed E-state index contributed by atoms with van der Waals surface area (Å²) >= 11 is 13.1. The van der Waals surface area contributed by atoms with Crippen LogP contribution >= 0.6 is 23.2 Å². The van der Waals surface area contributed by atoms with Gasteiger partial charge >= 0.3 is 12.1 Å². The standard InChI is InChI=1S/C28H30Cl2N2O8.C2HF3O/c1-4-5-8-11-32-19-10-7-6-9-18(19)31-21(32)14-38-25-17(29)12-16(15(2)22(25)30)27(36)40-26-23(34)20(13-33)39-28(37-3)24(26)35;3-2(4,5)1-6/h1,6-7,9-10,12,20,23-24,26,28,33-35H,5,8,11,13-14H2,2-3H3;1H/t20-,23-,24-,26+,28+;/m1./s1. The second-order valence-electron chi connectivity index (χ2n) is 9.91. The number of halogens is 5. The predicted octanol–water partition coefficient (Wildman–Crippen LogP) is 4.00. The van der Waals surface area contributed by atoms with Gasteiger partial charge < -0.3 is 38.8 Å². The van der Waals surface area contributed by atoms with Crippen molar-refractivity contribution in [2.45, 2.75) is 69.8 Å². The number of aldehydes is 1. The van der Waals surface area contributed by atoms with Crippen LogP contribution in [0.15, 0.2) is 30.3 Å². The summed E-state index contributed by atoms with van der Waals surface area (Å²) in [5, 5.41) is 30.6. The van der Waals surface area contributed by atoms with Crippen molar-refractivity contribution in [1.29, 1.82) is 0 Å². The normalized spacial score (nSPS) is 21.2. The summed E-state index contributed by atoms with van der Waals surface area (Å²) in [7, 11) is 1.27. The van der Waals surface area contributed by atoms with Crippen molar-refractivity contribution in [2.75, 3.05) is 13.7 Å². The van der Waals surface area contributed by atoms with Gasteiger partial charge in [0.25, 0.3) is 0 Å². The molecule has 1 fully saturated rings. The number of unbranched alkanes of at least 4 members (excludes halogenated alkanes) is 1. The van der Waals surface area contributed by atoms with Crippen LogP contribution in [0.4, 0.5) is 13.2 Å². The number of aromatic nitrogens is 2. The fourth-order valence-corrected chi connectivity index (χ4v) is 5.14. The Hall–Kier alpha value is -3.42. The Balaban J connectivity index is 0.000000875. The zero-order chi connectivity index (χ0) is 34.2. The number of aliphatic hydroxyl groups excluding tert-OH is 3. The molecule has 0 saturated carbocycles. The van der Waals surface area contributed by atoms with Crippen molar-refractivity contribution < 1.29 is 57.0 Å². The van der Waals surface area contributed by atoms with Crippen LogP contribution in [0.2, 0.25) is 10.0 Å². The molecule has 0 spiro atoms. The molecule has 0 unspecified atom stereocenters. The van der Waals surface area contributed by atoms with E-state index in [4.69, 9.17) is 53.4 Å². The number of fused-ring (bicyclic) bond motifs is 1. The van der Waals surface area contributed by atoms with Crippen LogP contribution in [-0.4, -0.2) is 87.7 Å². The summed E-state index contributed by atoms with van der Waals surface area (Å²) in [5.74, 6) is 2.55. The van der Waals surface area contributed by atoms with E-state index in [0.29, 0.717) is 24.4 Å². The van der Waals surface area contributed by atoms with E-state index in [1.807, 2.05) is 28.8 Å². The van der Waals surface area contributed by atoms with Gasteiger partial charge in [0.2, 0.25) is 6.29 Å². The average Bonchev–Trinajstić information content (AvgIpc) is 3.38. The summed E-state index contributed by atoms with van der Waals surface area (Å²) in [4.78, 5) is 26.5. The number of rotatable bonds is 10. The smallest absolute Gasteiger partial charge is 0.446 e. The Kier molecular flexibility index (Phi) is 13.2. The number of carbonyl (C=O) groups excluding carboxylic acids is 2. The molecule has 1 aliphatic rings. The van der Waals surface area contributed by atoms with Crippen LogP contribution in [0.5, 0.6) is 5.75 Å². The van der Waals surface area contributed by atoms with Gasteiger partial charge in [-0.25, -0.2) is 9.78 Å². The average molecular weight is 691 g/mol. The van der Waals surface area contributed by atoms with E-state index in [1.54, 1.807) is 6.92 Å². The maximum Gasteiger partial charge on any atom is 0.446 e. The minimum absolute atomic E-state index is 0.00396. The third-order valence-corrected chi connectivity index (χ3v) is 7.59. The number of benzene rings is 2. The fourth-order valence-electron chi connectivity index (χ4n) is 4.57. The van der Waals surface area contributed by atoms with Crippen LogP contribution in [-0.2, 0) is 32.2 Å². The summed E-state index contributed by atoms with van der Waals surface area (Å²) in [6.07, 6.45) is -5.72.